The van der Waals surface area contributed by atoms with E-state index in [-0.39, 0.29) is 49.1 Å². The third kappa shape index (κ3) is 15.4. The predicted octanol–water partition coefficient (Wildman–Crippen LogP) is 14.5. The van der Waals surface area contributed by atoms with Gasteiger partial charge in [0.05, 0.1) is 0 Å². The Bertz CT molecular complexity index is 2980. The van der Waals surface area contributed by atoms with Crippen LogP contribution < -0.4 is 4.74 Å². The minimum atomic E-state index is -0.793. The fourth-order valence-electron chi connectivity index (χ4n) is 11.4. The highest BCUT2D eigenvalue weighted by atomic mass is 16.5. The number of aryl methyl sites for hydroxylation is 4. The molecule has 8 aromatic carbocycles. The zero-order valence-electron chi connectivity index (χ0n) is 46.2. The van der Waals surface area contributed by atoms with Crippen molar-refractivity contribution in [2.75, 3.05) is 0 Å². The summed E-state index contributed by atoms with van der Waals surface area (Å²) in [5.41, 5.74) is 9.93. The molecule has 2 heterocycles. The van der Waals surface area contributed by atoms with Crippen LogP contribution in [0.5, 0.6) is 11.5 Å². The van der Waals surface area contributed by atoms with Crippen molar-refractivity contribution in [3.05, 3.63) is 274 Å². The van der Waals surface area contributed by atoms with Gasteiger partial charge in [-0.3, -0.25) is 9.59 Å². The lowest BCUT2D eigenvalue weighted by Crippen LogP contribution is -2.50. The van der Waals surface area contributed by atoms with Crippen molar-refractivity contribution in [3.8, 4) is 11.5 Å². The van der Waals surface area contributed by atoms with Gasteiger partial charge in [0.25, 0.3) is 11.8 Å². The molecule has 2 aliphatic rings. The highest BCUT2D eigenvalue weighted by Gasteiger charge is 2.39. The first kappa shape index (κ1) is 55.7. The Labute approximate surface area is 477 Å². The molecule has 9 nitrogen and oxygen atoms in total. The number of fused-ring (bicyclic) bond motifs is 2. The van der Waals surface area contributed by atoms with Gasteiger partial charge in [0, 0.05) is 37.1 Å². The standard InChI is InChI=1S/C72H72N2O7/c75-69(73-51-61-35-15-13-33-59(61)49-67(73)71(77)80-63(37-17-29-53-21-5-1-6-22-53)38-18-30-54-23-7-2-8-24-54)57-41-45-65(46-42-57)79-66-47-43-58(44-48-66)70(76)74-52-62-36-16-14-34-60(62)50-68(74)72(78)81-64(39-19-31-55-25-9-3-10-26-55)40-20-32-56-27-11-4-12-28-56/h1-16,21-28,33-36,41-48,63-64,67-68H,17-20,29-32,37-40,49-52H2/t67-,68?/m0/s1. The van der Waals surface area contributed by atoms with Crippen LogP contribution in [-0.2, 0) is 70.7 Å². The average molecular weight is 1080 g/mol. The predicted molar refractivity (Wildman–Crippen MR) is 318 cm³/mol. The van der Waals surface area contributed by atoms with Crippen molar-refractivity contribution < 1.29 is 33.4 Å². The molecule has 0 saturated carbocycles. The van der Waals surface area contributed by atoms with E-state index >= 15 is 0 Å². The van der Waals surface area contributed by atoms with E-state index in [4.69, 9.17) is 14.2 Å². The molecular weight excluding hydrogens is 1000 g/mol. The molecule has 0 radical (unpaired) electrons. The van der Waals surface area contributed by atoms with E-state index in [2.05, 4.69) is 97.1 Å². The number of amides is 2. The number of rotatable bonds is 24. The first-order chi connectivity index (χ1) is 39.8. The first-order valence-electron chi connectivity index (χ1n) is 29.0. The van der Waals surface area contributed by atoms with Crippen molar-refractivity contribution in [1.82, 2.24) is 9.80 Å². The third-order valence-corrected chi connectivity index (χ3v) is 15.9. The molecule has 0 saturated heterocycles. The molecule has 2 atom stereocenters. The van der Waals surface area contributed by atoms with Crippen LogP contribution >= 0.6 is 0 Å². The molecule has 81 heavy (non-hydrogen) atoms. The number of ether oxygens (including phenoxy) is 3. The Kier molecular flexibility index (Phi) is 19.3. The van der Waals surface area contributed by atoms with Crippen molar-refractivity contribution in [2.45, 2.75) is 127 Å². The minimum absolute atomic E-state index is 0.269. The second-order valence-electron chi connectivity index (χ2n) is 21.6. The van der Waals surface area contributed by atoms with Gasteiger partial charge in [0.2, 0.25) is 0 Å². The van der Waals surface area contributed by atoms with E-state index in [9.17, 15) is 19.2 Å². The number of benzene rings is 8. The van der Waals surface area contributed by atoms with E-state index in [1.165, 1.54) is 22.3 Å². The largest absolute Gasteiger partial charge is 0.461 e. The summed E-state index contributed by atoms with van der Waals surface area (Å²) in [4.78, 5) is 61.3. The Morgan fingerprint density at radius 1 is 0.358 bits per heavy atom. The van der Waals surface area contributed by atoms with Crippen LogP contribution in [0.15, 0.2) is 218 Å². The fourth-order valence-corrected chi connectivity index (χ4v) is 11.4. The van der Waals surface area contributed by atoms with Gasteiger partial charge in [-0.25, -0.2) is 9.59 Å². The van der Waals surface area contributed by atoms with Crippen molar-refractivity contribution >= 4 is 23.8 Å². The normalized spacial score (nSPS) is 14.7. The lowest BCUT2D eigenvalue weighted by atomic mass is 9.93. The van der Waals surface area contributed by atoms with Crippen LogP contribution in [0.4, 0.5) is 0 Å². The van der Waals surface area contributed by atoms with Gasteiger partial charge in [-0.1, -0.05) is 170 Å². The molecular formula is C72H72N2O7. The molecule has 1 unspecified atom stereocenters. The van der Waals surface area contributed by atoms with E-state index < -0.39 is 12.1 Å². The van der Waals surface area contributed by atoms with Gasteiger partial charge in [-0.15, -0.1) is 0 Å². The van der Waals surface area contributed by atoms with Crippen LogP contribution in [0.25, 0.3) is 0 Å². The lowest BCUT2D eigenvalue weighted by molar-refractivity contribution is -0.156. The summed E-state index contributed by atoms with van der Waals surface area (Å²) < 4.78 is 19.1. The molecule has 0 aliphatic carbocycles. The maximum Gasteiger partial charge on any atom is 0.329 e. The maximum absolute atomic E-state index is 14.5. The molecule has 10 rings (SSSR count). The monoisotopic (exact) mass is 1080 g/mol. The molecule has 2 aliphatic heterocycles. The summed E-state index contributed by atoms with van der Waals surface area (Å²) >= 11 is 0. The van der Waals surface area contributed by atoms with E-state index in [1.54, 1.807) is 58.3 Å². The van der Waals surface area contributed by atoms with E-state index in [0.717, 1.165) is 99.3 Å². The zero-order valence-corrected chi connectivity index (χ0v) is 46.2. The summed E-state index contributed by atoms with van der Waals surface area (Å²) in [6.07, 6.45) is 10.1. The van der Waals surface area contributed by atoms with Crippen LogP contribution in [0, 0.1) is 0 Å². The maximum atomic E-state index is 14.5. The van der Waals surface area contributed by atoms with Gasteiger partial charge >= 0.3 is 11.9 Å². The lowest BCUT2D eigenvalue weighted by Gasteiger charge is -2.36. The summed E-state index contributed by atoms with van der Waals surface area (Å²) in [7, 11) is 0. The van der Waals surface area contributed by atoms with E-state index in [1.807, 2.05) is 72.8 Å². The first-order valence-corrected chi connectivity index (χ1v) is 29.0. The molecule has 8 aromatic rings. The third-order valence-electron chi connectivity index (χ3n) is 15.9. The van der Waals surface area contributed by atoms with Crippen LogP contribution in [0.2, 0.25) is 0 Å². The second kappa shape index (κ2) is 28.0. The molecule has 0 bridgehead atoms. The van der Waals surface area contributed by atoms with E-state index in [0.29, 0.717) is 35.5 Å². The summed E-state index contributed by atoms with van der Waals surface area (Å²) in [5, 5.41) is 0. The summed E-state index contributed by atoms with van der Waals surface area (Å²) in [6, 6.07) is 69.7. The molecule has 0 spiro atoms. The van der Waals surface area contributed by atoms with Gasteiger partial charge < -0.3 is 24.0 Å². The summed E-state index contributed by atoms with van der Waals surface area (Å²) in [6.45, 7) is 0.559. The summed E-state index contributed by atoms with van der Waals surface area (Å²) in [5.74, 6) is -0.305. The molecule has 0 N–H and O–H groups in total. The van der Waals surface area contributed by atoms with Crippen molar-refractivity contribution in [2.24, 2.45) is 0 Å². The Morgan fingerprint density at radius 3 is 0.951 bits per heavy atom. The average Bonchev–Trinajstić information content (AvgIpc) is 3.61. The highest BCUT2D eigenvalue weighted by molar-refractivity contribution is 5.98. The van der Waals surface area contributed by atoms with Crippen LogP contribution in [0.1, 0.15) is 117 Å². The topological polar surface area (TPSA) is 102 Å². The van der Waals surface area contributed by atoms with Gasteiger partial charge in [-0.05, 0) is 170 Å². The molecule has 2 amide bonds. The number of hydrogen-bond donors (Lipinski definition) is 0. The second-order valence-corrected chi connectivity index (χ2v) is 21.6. The highest BCUT2D eigenvalue weighted by Crippen LogP contribution is 2.31. The van der Waals surface area contributed by atoms with Crippen molar-refractivity contribution in [3.63, 3.8) is 0 Å². The minimum Gasteiger partial charge on any atom is -0.461 e. The number of carbonyl (C=O) groups excluding carboxylic acids is 4. The van der Waals surface area contributed by atoms with Crippen molar-refractivity contribution in [1.29, 1.82) is 0 Å². The number of esters is 2. The molecule has 0 aromatic heterocycles. The number of carbonyl (C=O) groups is 4. The number of hydrogen-bond acceptors (Lipinski definition) is 7. The van der Waals surface area contributed by atoms with Gasteiger partial charge in [0.15, 0.2) is 0 Å². The molecule has 0 fully saturated rings. The Morgan fingerprint density at radius 2 is 0.642 bits per heavy atom. The molecule has 412 valence electrons. The number of nitrogens with zero attached hydrogens (tertiary/aromatic N) is 2. The van der Waals surface area contributed by atoms with Crippen LogP contribution in [-0.4, -0.2) is 57.8 Å². The Hall–Kier alpha value is -8.56. The van der Waals surface area contributed by atoms with Gasteiger partial charge in [0.1, 0.15) is 35.8 Å². The Balaban J connectivity index is 0.789. The zero-order chi connectivity index (χ0) is 55.6. The smallest absolute Gasteiger partial charge is 0.329 e. The SMILES string of the molecule is O=C(OC(CCCc1ccccc1)CCCc1ccccc1)C1Cc2ccccc2CN1C(=O)c1ccc(Oc2ccc(C(=O)N3Cc4ccccc4C[C@H]3C(=O)OC(CCCc3ccccc3)CCCc3ccccc3)cc2)cc1. The molecule has 9 heteroatoms. The van der Waals surface area contributed by atoms with Crippen LogP contribution in [0.3, 0.4) is 0 Å². The van der Waals surface area contributed by atoms with Gasteiger partial charge in [-0.2, -0.15) is 0 Å². The fraction of sp³-hybridized carbons (Fsp3) is 0.278. The quantitative estimate of drug-likeness (QED) is 0.0555.